The van der Waals surface area contributed by atoms with Gasteiger partial charge in [0.05, 0.1) is 0 Å². The van der Waals surface area contributed by atoms with Gasteiger partial charge < -0.3 is 0 Å². The van der Waals surface area contributed by atoms with Gasteiger partial charge in [0.1, 0.15) is 0 Å². The van der Waals surface area contributed by atoms with Crippen molar-refractivity contribution < 1.29 is 0 Å². The molecule has 0 bridgehead atoms. The lowest BCUT2D eigenvalue weighted by atomic mass is 9.67. The number of hydrogen-bond donors (Lipinski definition) is 0. The summed E-state index contributed by atoms with van der Waals surface area (Å²) < 4.78 is 0. The molecule has 0 aromatic carbocycles. The van der Waals surface area contributed by atoms with E-state index in [0.29, 0.717) is 5.41 Å². The van der Waals surface area contributed by atoms with Crippen molar-refractivity contribution in [3.05, 3.63) is 0 Å². The third kappa shape index (κ3) is 5.25. The molecule has 0 saturated heterocycles. The Morgan fingerprint density at radius 3 is 1.88 bits per heavy atom. The van der Waals surface area contributed by atoms with Crippen molar-refractivity contribution in [2.75, 3.05) is 0 Å². The number of hydrogen-bond acceptors (Lipinski definition) is 0. The summed E-state index contributed by atoms with van der Waals surface area (Å²) in [5.74, 6) is 4.23. The molecule has 0 N–H and O–H groups in total. The van der Waals surface area contributed by atoms with Crippen LogP contribution in [-0.4, -0.2) is 0 Å². The van der Waals surface area contributed by atoms with Crippen molar-refractivity contribution in [2.45, 2.75) is 124 Å². The van der Waals surface area contributed by atoms with Crippen LogP contribution in [0.1, 0.15) is 124 Å². The summed E-state index contributed by atoms with van der Waals surface area (Å²) in [6.45, 7) is 9.74. The molecular weight excluding hydrogens is 288 g/mol. The molecule has 4 unspecified atom stereocenters. The molecule has 142 valence electrons. The van der Waals surface area contributed by atoms with Gasteiger partial charge in [-0.25, -0.2) is 0 Å². The number of rotatable bonds is 11. The molecule has 4 atom stereocenters. The molecule has 2 fully saturated rings. The predicted octanol–water partition coefficient (Wildman–Crippen LogP) is 8.40. The van der Waals surface area contributed by atoms with E-state index in [1.54, 1.807) is 12.8 Å². The van der Waals surface area contributed by atoms with Gasteiger partial charge >= 0.3 is 0 Å². The first-order valence-electron chi connectivity index (χ1n) is 11.7. The topological polar surface area (TPSA) is 0 Å². The second-order valence-corrected chi connectivity index (χ2v) is 9.41. The van der Waals surface area contributed by atoms with E-state index in [9.17, 15) is 0 Å². The van der Waals surface area contributed by atoms with Crippen LogP contribution in [0.15, 0.2) is 0 Å². The summed E-state index contributed by atoms with van der Waals surface area (Å²) in [6.07, 6.45) is 22.4. The lowest BCUT2D eigenvalue weighted by Gasteiger charge is -2.38. The van der Waals surface area contributed by atoms with Crippen LogP contribution >= 0.6 is 0 Å². The van der Waals surface area contributed by atoms with E-state index >= 15 is 0 Å². The smallest absolute Gasteiger partial charge is 0.0274 e. The lowest BCUT2D eigenvalue weighted by molar-refractivity contribution is 0.122. The van der Waals surface area contributed by atoms with Crippen molar-refractivity contribution in [1.29, 1.82) is 0 Å². The van der Waals surface area contributed by atoms with Crippen molar-refractivity contribution in [2.24, 2.45) is 29.1 Å². The van der Waals surface area contributed by atoms with E-state index in [1.165, 1.54) is 83.5 Å². The van der Waals surface area contributed by atoms with Gasteiger partial charge in [0.15, 0.2) is 0 Å². The normalized spacial score (nSPS) is 31.0. The van der Waals surface area contributed by atoms with Crippen LogP contribution in [0.25, 0.3) is 0 Å². The highest BCUT2D eigenvalue weighted by molar-refractivity contribution is 4.90. The third-order valence-corrected chi connectivity index (χ3v) is 8.41. The van der Waals surface area contributed by atoms with E-state index in [2.05, 4.69) is 27.7 Å². The van der Waals surface area contributed by atoms with Crippen molar-refractivity contribution in [1.82, 2.24) is 0 Å². The largest absolute Gasteiger partial charge is 0.0651 e. The number of unbranched alkanes of at least 4 members (excludes halogenated alkanes) is 2. The van der Waals surface area contributed by atoms with Gasteiger partial charge in [0, 0.05) is 0 Å². The highest BCUT2D eigenvalue weighted by atomic mass is 14.4. The van der Waals surface area contributed by atoms with E-state index in [0.717, 1.165) is 23.7 Å². The van der Waals surface area contributed by atoms with Crippen LogP contribution < -0.4 is 0 Å². The maximum atomic E-state index is 2.48. The minimum atomic E-state index is 0.685. The summed E-state index contributed by atoms with van der Waals surface area (Å²) in [7, 11) is 0. The second kappa shape index (κ2) is 10.2. The Bertz CT molecular complexity index is 327. The summed E-state index contributed by atoms with van der Waals surface area (Å²) in [6, 6.07) is 0. The molecule has 0 radical (unpaired) electrons. The summed E-state index contributed by atoms with van der Waals surface area (Å²) in [5.41, 5.74) is 0.685. The van der Waals surface area contributed by atoms with Crippen molar-refractivity contribution in [3.63, 3.8) is 0 Å². The molecule has 0 amide bonds. The molecule has 2 aliphatic carbocycles. The first-order valence-corrected chi connectivity index (χ1v) is 11.7. The van der Waals surface area contributed by atoms with Gasteiger partial charge in [0.2, 0.25) is 0 Å². The molecule has 0 aliphatic heterocycles. The average Bonchev–Trinajstić information content (AvgIpc) is 3.28. The maximum Gasteiger partial charge on any atom is -0.0274 e. The zero-order valence-electron chi connectivity index (χ0n) is 17.4. The van der Waals surface area contributed by atoms with Crippen LogP contribution in [0.4, 0.5) is 0 Å². The van der Waals surface area contributed by atoms with Gasteiger partial charge in [-0.2, -0.15) is 0 Å². The molecule has 24 heavy (non-hydrogen) atoms. The minimum absolute atomic E-state index is 0.685. The average molecular weight is 335 g/mol. The van der Waals surface area contributed by atoms with Gasteiger partial charge in [-0.05, 0) is 54.8 Å². The Morgan fingerprint density at radius 2 is 1.29 bits per heavy atom. The van der Waals surface area contributed by atoms with Crippen LogP contribution in [0.5, 0.6) is 0 Å². The Kier molecular flexibility index (Phi) is 8.65. The lowest BCUT2D eigenvalue weighted by Crippen LogP contribution is -2.28. The van der Waals surface area contributed by atoms with Crippen LogP contribution in [-0.2, 0) is 0 Å². The van der Waals surface area contributed by atoms with E-state index in [1.807, 2.05) is 0 Å². The Hall–Kier alpha value is 0. The minimum Gasteiger partial charge on any atom is -0.0651 e. The summed E-state index contributed by atoms with van der Waals surface area (Å²) in [5, 5.41) is 0. The van der Waals surface area contributed by atoms with Crippen LogP contribution in [0.3, 0.4) is 0 Å². The quantitative estimate of drug-likeness (QED) is 0.333. The summed E-state index contributed by atoms with van der Waals surface area (Å²) >= 11 is 0. The fourth-order valence-corrected chi connectivity index (χ4v) is 6.29. The van der Waals surface area contributed by atoms with E-state index < -0.39 is 0 Å². The molecule has 0 heterocycles. The molecule has 0 aromatic rings. The zero-order valence-corrected chi connectivity index (χ0v) is 17.4. The standard InChI is InChI=1S/C24H46/c1-5-20-13-14-22(18-20)12-10-9-11-17-24(7-3,8-4)23-16-15-21(6-2)19-23/h20-23H,5-19H2,1-4H3. The molecule has 0 spiro atoms. The Balaban J connectivity index is 1.68. The molecule has 2 aliphatic rings. The molecule has 0 heteroatoms. The highest BCUT2D eigenvalue weighted by Gasteiger charge is 2.39. The van der Waals surface area contributed by atoms with Crippen molar-refractivity contribution >= 4 is 0 Å². The van der Waals surface area contributed by atoms with E-state index in [4.69, 9.17) is 0 Å². The fourth-order valence-electron chi connectivity index (χ4n) is 6.29. The Labute approximate surface area is 153 Å². The monoisotopic (exact) mass is 334 g/mol. The zero-order chi connectivity index (χ0) is 17.4. The molecule has 0 nitrogen and oxygen atoms in total. The summed E-state index contributed by atoms with van der Waals surface area (Å²) in [4.78, 5) is 0. The van der Waals surface area contributed by atoms with Crippen LogP contribution in [0, 0.1) is 29.1 Å². The van der Waals surface area contributed by atoms with Crippen LogP contribution in [0.2, 0.25) is 0 Å². The van der Waals surface area contributed by atoms with E-state index in [-0.39, 0.29) is 0 Å². The molecular formula is C24H46. The first-order chi connectivity index (χ1) is 11.7. The second-order valence-electron chi connectivity index (χ2n) is 9.41. The maximum absolute atomic E-state index is 2.48. The molecule has 2 rings (SSSR count). The highest BCUT2D eigenvalue weighted by Crippen LogP contribution is 2.50. The van der Waals surface area contributed by atoms with Gasteiger partial charge in [-0.1, -0.05) is 98.3 Å². The third-order valence-electron chi connectivity index (χ3n) is 8.41. The SMILES string of the molecule is CCC1CCC(CCCCCC(CC)(CC)C2CCC(CC)C2)C1. The first kappa shape index (κ1) is 20.3. The van der Waals surface area contributed by atoms with Gasteiger partial charge in [-0.15, -0.1) is 0 Å². The van der Waals surface area contributed by atoms with Crippen molar-refractivity contribution in [3.8, 4) is 0 Å². The Morgan fingerprint density at radius 1 is 0.667 bits per heavy atom. The fraction of sp³-hybridized carbons (Fsp3) is 1.00. The predicted molar refractivity (Wildman–Crippen MR) is 108 cm³/mol. The molecule has 0 aromatic heterocycles. The van der Waals surface area contributed by atoms with Gasteiger partial charge in [-0.3, -0.25) is 0 Å². The van der Waals surface area contributed by atoms with Gasteiger partial charge in [0.25, 0.3) is 0 Å². The molecule has 2 saturated carbocycles.